The first-order chi connectivity index (χ1) is 6.88. The van der Waals surface area contributed by atoms with Crippen molar-refractivity contribution in [3.05, 3.63) is 0 Å². The van der Waals surface area contributed by atoms with Gasteiger partial charge in [0, 0.05) is 13.1 Å². The number of carbonyl (C=O) groups is 1. The van der Waals surface area contributed by atoms with E-state index in [-0.39, 0.29) is 11.5 Å². The van der Waals surface area contributed by atoms with Gasteiger partial charge in [-0.3, -0.25) is 9.69 Å². The van der Waals surface area contributed by atoms with Crippen LogP contribution >= 0.6 is 0 Å². The molecular formula is C11H19NO3. The Hall–Kier alpha value is -0.610. The summed E-state index contributed by atoms with van der Waals surface area (Å²) in [7, 11) is 0. The Balaban J connectivity index is 1.72. The molecule has 0 aromatic carbocycles. The summed E-state index contributed by atoms with van der Waals surface area (Å²) in [6, 6.07) is 0. The van der Waals surface area contributed by atoms with E-state index in [0.717, 1.165) is 13.1 Å². The average Bonchev–Trinajstić information content (AvgIpc) is 2.59. The molecule has 1 saturated heterocycles. The predicted octanol–water partition coefficient (Wildman–Crippen LogP) is 1.02. The Morgan fingerprint density at radius 2 is 1.93 bits per heavy atom. The van der Waals surface area contributed by atoms with Gasteiger partial charge in [-0.1, -0.05) is 0 Å². The van der Waals surface area contributed by atoms with Gasteiger partial charge in [-0.2, -0.15) is 0 Å². The molecule has 0 radical (unpaired) electrons. The number of hydrogen-bond donors (Lipinski definition) is 1. The first kappa shape index (κ1) is 10.9. The number of hydrogen-bond acceptors (Lipinski definition) is 3. The summed E-state index contributed by atoms with van der Waals surface area (Å²) in [5.74, 6) is 0.0643. The van der Waals surface area contributed by atoms with Crippen LogP contribution in [0, 0.1) is 17.8 Å². The number of aliphatic carboxylic acids is 1. The van der Waals surface area contributed by atoms with Gasteiger partial charge in [0.15, 0.2) is 0 Å². The molecule has 0 bridgehead atoms. The van der Waals surface area contributed by atoms with E-state index in [2.05, 4.69) is 4.90 Å². The SMILES string of the molecule is CC(C)(C)OCN1C[C@@H]2C(C(=O)O)[C@@H]2C1. The highest BCUT2D eigenvalue weighted by atomic mass is 16.5. The first-order valence-electron chi connectivity index (χ1n) is 5.47. The van der Waals surface area contributed by atoms with E-state index in [9.17, 15) is 4.79 Å². The first-order valence-corrected chi connectivity index (χ1v) is 5.47. The number of fused-ring (bicyclic) bond motifs is 1. The predicted molar refractivity (Wildman–Crippen MR) is 55.4 cm³/mol. The van der Waals surface area contributed by atoms with Crippen LogP contribution in [0.4, 0.5) is 0 Å². The van der Waals surface area contributed by atoms with Gasteiger partial charge in [0.05, 0.1) is 18.2 Å². The molecule has 0 aromatic heterocycles. The van der Waals surface area contributed by atoms with E-state index in [1.165, 1.54) is 0 Å². The van der Waals surface area contributed by atoms with E-state index in [4.69, 9.17) is 9.84 Å². The Morgan fingerprint density at radius 3 is 2.33 bits per heavy atom. The van der Waals surface area contributed by atoms with Crippen molar-refractivity contribution in [3.63, 3.8) is 0 Å². The summed E-state index contributed by atoms with van der Waals surface area (Å²) in [4.78, 5) is 13.0. The van der Waals surface area contributed by atoms with Crippen LogP contribution in [0.1, 0.15) is 20.8 Å². The fourth-order valence-corrected chi connectivity index (χ4v) is 2.37. The van der Waals surface area contributed by atoms with Gasteiger partial charge < -0.3 is 9.84 Å². The van der Waals surface area contributed by atoms with Gasteiger partial charge in [0.1, 0.15) is 0 Å². The molecule has 3 atom stereocenters. The van der Waals surface area contributed by atoms with Crippen LogP contribution < -0.4 is 0 Å². The van der Waals surface area contributed by atoms with Crippen molar-refractivity contribution >= 4 is 5.97 Å². The number of piperidine rings is 1. The lowest BCUT2D eigenvalue weighted by Gasteiger charge is -2.25. The van der Waals surface area contributed by atoms with E-state index < -0.39 is 5.97 Å². The maximum absolute atomic E-state index is 10.7. The molecule has 0 amide bonds. The van der Waals surface area contributed by atoms with E-state index in [0.29, 0.717) is 18.6 Å². The average molecular weight is 213 g/mol. The molecule has 86 valence electrons. The summed E-state index contributed by atoms with van der Waals surface area (Å²) in [6.45, 7) is 8.50. The zero-order valence-electron chi connectivity index (χ0n) is 9.56. The van der Waals surface area contributed by atoms with Crippen molar-refractivity contribution in [1.29, 1.82) is 0 Å². The number of carboxylic acids is 1. The third kappa shape index (κ3) is 2.32. The quantitative estimate of drug-likeness (QED) is 0.760. The molecule has 1 aliphatic heterocycles. The molecule has 2 fully saturated rings. The van der Waals surface area contributed by atoms with Crippen LogP contribution in [-0.4, -0.2) is 41.4 Å². The van der Waals surface area contributed by atoms with Crippen molar-refractivity contribution in [2.45, 2.75) is 26.4 Å². The fraction of sp³-hybridized carbons (Fsp3) is 0.909. The molecule has 1 heterocycles. The van der Waals surface area contributed by atoms with Crippen LogP contribution in [0.5, 0.6) is 0 Å². The smallest absolute Gasteiger partial charge is 0.307 e. The number of ether oxygens (including phenoxy) is 1. The third-order valence-electron chi connectivity index (χ3n) is 3.23. The Kier molecular flexibility index (Phi) is 2.51. The second kappa shape index (κ2) is 3.46. The molecule has 1 aliphatic carbocycles. The number of nitrogens with zero attached hydrogens (tertiary/aromatic N) is 1. The minimum Gasteiger partial charge on any atom is -0.481 e. The summed E-state index contributed by atoms with van der Waals surface area (Å²) in [6.07, 6.45) is 0. The molecule has 2 rings (SSSR count). The lowest BCUT2D eigenvalue weighted by Crippen LogP contribution is -2.33. The van der Waals surface area contributed by atoms with Crippen LogP contribution in [0.3, 0.4) is 0 Å². The van der Waals surface area contributed by atoms with Gasteiger partial charge >= 0.3 is 5.97 Å². The molecule has 0 aromatic rings. The highest BCUT2D eigenvalue weighted by Gasteiger charge is 2.59. The zero-order valence-corrected chi connectivity index (χ0v) is 9.56. The maximum Gasteiger partial charge on any atom is 0.307 e. The Labute approximate surface area is 90.2 Å². The van der Waals surface area contributed by atoms with Crippen molar-refractivity contribution in [2.75, 3.05) is 19.8 Å². The molecule has 4 heteroatoms. The van der Waals surface area contributed by atoms with Crippen molar-refractivity contribution in [3.8, 4) is 0 Å². The van der Waals surface area contributed by atoms with Crippen LogP contribution in [0.25, 0.3) is 0 Å². The maximum atomic E-state index is 10.7. The monoisotopic (exact) mass is 213 g/mol. The summed E-state index contributed by atoms with van der Waals surface area (Å²) < 4.78 is 5.66. The second-order valence-corrected chi connectivity index (χ2v) is 5.61. The minimum atomic E-state index is -0.624. The molecule has 1 saturated carbocycles. The van der Waals surface area contributed by atoms with Gasteiger partial charge in [0.2, 0.25) is 0 Å². The number of rotatable bonds is 3. The summed E-state index contributed by atoms with van der Waals surface area (Å²) in [5, 5.41) is 8.85. The van der Waals surface area contributed by atoms with Gasteiger partial charge in [0.25, 0.3) is 0 Å². The third-order valence-corrected chi connectivity index (χ3v) is 3.23. The standard InChI is InChI=1S/C11H19NO3/c1-11(2,3)15-6-12-4-7-8(5-12)9(7)10(13)14/h7-9H,4-6H2,1-3H3,(H,13,14)/t7-,8+,9?. The lowest BCUT2D eigenvalue weighted by atomic mass is 10.2. The zero-order chi connectivity index (χ0) is 11.2. The van der Waals surface area contributed by atoms with Crippen LogP contribution in [0.15, 0.2) is 0 Å². The highest BCUT2D eigenvalue weighted by molar-refractivity contribution is 5.74. The Morgan fingerprint density at radius 1 is 1.40 bits per heavy atom. The normalized spacial score (nSPS) is 35.3. The van der Waals surface area contributed by atoms with E-state index in [1.807, 2.05) is 20.8 Å². The fourth-order valence-electron chi connectivity index (χ4n) is 2.37. The van der Waals surface area contributed by atoms with Gasteiger partial charge in [-0.15, -0.1) is 0 Å². The van der Waals surface area contributed by atoms with E-state index in [1.54, 1.807) is 0 Å². The van der Waals surface area contributed by atoms with E-state index >= 15 is 0 Å². The summed E-state index contributed by atoms with van der Waals surface area (Å²) >= 11 is 0. The lowest BCUT2D eigenvalue weighted by molar-refractivity contribution is -0.140. The molecule has 2 aliphatic rings. The largest absolute Gasteiger partial charge is 0.481 e. The van der Waals surface area contributed by atoms with Gasteiger partial charge in [-0.25, -0.2) is 0 Å². The van der Waals surface area contributed by atoms with Crippen molar-refractivity contribution in [1.82, 2.24) is 4.90 Å². The Bertz CT molecular complexity index is 259. The molecule has 15 heavy (non-hydrogen) atoms. The molecular weight excluding hydrogens is 194 g/mol. The van der Waals surface area contributed by atoms with Crippen molar-refractivity contribution < 1.29 is 14.6 Å². The summed E-state index contributed by atoms with van der Waals surface area (Å²) in [5.41, 5.74) is -0.112. The topological polar surface area (TPSA) is 49.8 Å². The van der Waals surface area contributed by atoms with Crippen molar-refractivity contribution in [2.24, 2.45) is 17.8 Å². The molecule has 4 nitrogen and oxygen atoms in total. The molecule has 1 N–H and O–H groups in total. The number of likely N-dealkylation sites (tertiary alicyclic amines) is 1. The number of carboxylic acid groups (broad SMARTS) is 1. The highest BCUT2D eigenvalue weighted by Crippen LogP contribution is 2.51. The molecule has 0 spiro atoms. The minimum absolute atomic E-state index is 0.0733. The van der Waals surface area contributed by atoms with Gasteiger partial charge in [-0.05, 0) is 32.6 Å². The second-order valence-electron chi connectivity index (χ2n) is 5.61. The molecule has 1 unspecified atom stereocenters. The van der Waals surface area contributed by atoms with Crippen LogP contribution in [0.2, 0.25) is 0 Å². The van der Waals surface area contributed by atoms with Crippen LogP contribution in [-0.2, 0) is 9.53 Å².